The van der Waals surface area contributed by atoms with Crippen LogP contribution in [0.1, 0.15) is 29.8 Å². The van der Waals surface area contributed by atoms with Crippen LogP contribution < -0.4 is 16.8 Å². The summed E-state index contributed by atoms with van der Waals surface area (Å²) in [5, 5.41) is 3.30. The molecule has 4 heteroatoms. The Labute approximate surface area is 96.0 Å². The summed E-state index contributed by atoms with van der Waals surface area (Å²) >= 11 is 0. The first-order chi connectivity index (χ1) is 7.35. The van der Waals surface area contributed by atoms with Crippen LogP contribution >= 0.6 is 0 Å². The molecule has 4 nitrogen and oxygen atoms in total. The van der Waals surface area contributed by atoms with Crippen LogP contribution in [0.25, 0.3) is 0 Å². The SMILES string of the molecule is Cc1cc(NC(C)(C)CN)ccc1C(N)=O. The molecule has 0 unspecified atom stereocenters. The van der Waals surface area contributed by atoms with Crippen molar-refractivity contribution in [3.05, 3.63) is 29.3 Å². The van der Waals surface area contributed by atoms with Crippen molar-refractivity contribution in [2.24, 2.45) is 11.5 Å². The van der Waals surface area contributed by atoms with Crippen molar-refractivity contribution in [1.82, 2.24) is 0 Å². The highest BCUT2D eigenvalue weighted by Gasteiger charge is 2.15. The molecule has 0 fully saturated rings. The first-order valence-electron chi connectivity index (χ1n) is 5.24. The Morgan fingerprint density at radius 2 is 2.06 bits per heavy atom. The van der Waals surface area contributed by atoms with E-state index in [1.54, 1.807) is 6.07 Å². The van der Waals surface area contributed by atoms with Crippen molar-refractivity contribution in [1.29, 1.82) is 0 Å². The Hall–Kier alpha value is -1.55. The Morgan fingerprint density at radius 1 is 1.44 bits per heavy atom. The Morgan fingerprint density at radius 3 is 2.50 bits per heavy atom. The number of benzene rings is 1. The number of primary amides is 1. The van der Waals surface area contributed by atoms with Crippen LogP contribution in [0, 0.1) is 6.92 Å². The van der Waals surface area contributed by atoms with Crippen LogP contribution in [-0.4, -0.2) is 18.0 Å². The van der Waals surface area contributed by atoms with Crippen LogP contribution in [-0.2, 0) is 0 Å². The van der Waals surface area contributed by atoms with E-state index in [4.69, 9.17) is 11.5 Å². The molecule has 0 aromatic heterocycles. The van der Waals surface area contributed by atoms with E-state index in [9.17, 15) is 4.79 Å². The predicted octanol–water partition coefficient (Wildman–Crippen LogP) is 1.24. The van der Waals surface area contributed by atoms with E-state index in [2.05, 4.69) is 5.32 Å². The van der Waals surface area contributed by atoms with Crippen molar-refractivity contribution in [3.8, 4) is 0 Å². The molecule has 0 aliphatic carbocycles. The number of aryl methyl sites for hydroxylation is 1. The number of nitrogens with two attached hydrogens (primary N) is 2. The second-order valence-electron chi connectivity index (χ2n) is 4.61. The monoisotopic (exact) mass is 221 g/mol. The highest BCUT2D eigenvalue weighted by molar-refractivity contribution is 5.94. The summed E-state index contributed by atoms with van der Waals surface area (Å²) < 4.78 is 0. The molecule has 88 valence electrons. The molecule has 1 aromatic carbocycles. The maximum atomic E-state index is 11.1. The molecule has 16 heavy (non-hydrogen) atoms. The van der Waals surface area contributed by atoms with E-state index in [1.165, 1.54) is 0 Å². The lowest BCUT2D eigenvalue weighted by molar-refractivity contribution is 0.1000. The lowest BCUT2D eigenvalue weighted by Gasteiger charge is -2.26. The number of nitrogens with one attached hydrogen (secondary N) is 1. The van der Waals surface area contributed by atoms with E-state index in [1.807, 2.05) is 32.9 Å². The summed E-state index contributed by atoms with van der Waals surface area (Å²) in [5.74, 6) is -0.401. The minimum atomic E-state index is -0.401. The Balaban J connectivity index is 2.94. The number of carbonyl (C=O) groups excluding carboxylic acids is 1. The highest BCUT2D eigenvalue weighted by atomic mass is 16.1. The van der Waals surface area contributed by atoms with Crippen molar-refractivity contribution in [2.45, 2.75) is 26.3 Å². The second kappa shape index (κ2) is 4.53. The zero-order chi connectivity index (χ0) is 12.3. The lowest BCUT2D eigenvalue weighted by Crippen LogP contribution is -2.39. The molecule has 0 saturated heterocycles. The molecule has 5 N–H and O–H groups in total. The number of carbonyl (C=O) groups is 1. The van der Waals surface area contributed by atoms with Crippen molar-refractivity contribution in [3.63, 3.8) is 0 Å². The highest BCUT2D eigenvalue weighted by Crippen LogP contribution is 2.18. The zero-order valence-corrected chi connectivity index (χ0v) is 10.0. The molecule has 0 saturated carbocycles. The van der Waals surface area contributed by atoms with Gasteiger partial charge in [0.25, 0.3) is 0 Å². The van der Waals surface area contributed by atoms with Gasteiger partial charge in [0.2, 0.25) is 5.91 Å². The molecular weight excluding hydrogens is 202 g/mol. The number of anilines is 1. The molecular formula is C12H19N3O. The topological polar surface area (TPSA) is 81.1 Å². The predicted molar refractivity (Wildman–Crippen MR) is 66.5 cm³/mol. The second-order valence-corrected chi connectivity index (χ2v) is 4.61. The van der Waals surface area contributed by atoms with Crippen molar-refractivity contribution < 1.29 is 4.79 Å². The number of hydrogen-bond acceptors (Lipinski definition) is 3. The van der Waals surface area contributed by atoms with E-state index in [-0.39, 0.29) is 5.54 Å². The van der Waals surface area contributed by atoms with Crippen LogP contribution in [0.5, 0.6) is 0 Å². The summed E-state index contributed by atoms with van der Waals surface area (Å²) in [7, 11) is 0. The van der Waals surface area contributed by atoms with Crippen molar-refractivity contribution >= 4 is 11.6 Å². The van der Waals surface area contributed by atoms with Gasteiger partial charge >= 0.3 is 0 Å². The quantitative estimate of drug-likeness (QED) is 0.715. The van der Waals surface area contributed by atoms with Gasteiger partial charge < -0.3 is 16.8 Å². The first kappa shape index (κ1) is 12.5. The van der Waals surface area contributed by atoms with Gasteiger partial charge in [0.15, 0.2) is 0 Å². The molecule has 0 aliphatic rings. The van der Waals surface area contributed by atoms with Crippen LogP contribution in [0.15, 0.2) is 18.2 Å². The van der Waals surface area contributed by atoms with Crippen LogP contribution in [0.2, 0.25) is 0 Å². The maximum Gasteiger partial charge on any atom is 0.248 e. The van der Waals surface area contributed by atoms with E-state index in [0.717, 1.165) is 11.3 Å². The maximum absolute atomic E-state index is 11.1. The van der Waals surface area contributed by atoms with Crippen LogP contribution in [0.4, 0.5) is 5.69 Å². The minimum absolute atomic E-state index is 0.166. The van der Waals surface area contributed by atoms with E-state index in [0.29, 0.717) is 12.1 Å². The molecule has 0 aliphatic heterocycles. The molecule has 1 amide bonds. The third kappa shape index (κ3) is 2.97. The van der Waals surface area contributed by atoms with Crippen molar-refractivity contribution in [2.75, 3.05) is 11.9 Å². The molecule has 0 bridgehead atoms. The summed E-state index contributed by atoms with van der Waals surface area (Å²) in [6.45, 7) is 6.43. The first-order valence-corrected chi connectivity index (χ1v) is 5.24. The summed E-state index contributed by atoms with van der Waals surface area (Å²) in [5.41, 5.74) is 13.1. The third-order valence-corrected chi connectivity index (χ3v) is 2.48. The standard InChI is InChI=1S/C12H19N3O/c1-8-6-9(15-12(2,3)7-13)4-5-10(8)11(14)16/h4-6,15H,7,13H2,1-3H3,(H2,14,16). The fourth-order valence-corrected chi connectivity index (χ4v) is 1.46. The normalized spacial score (nSPS) is 11.2. The zero-order valence-electron chi connectivity index (χ0n) is 10.0. The fraction of sp³-hybridized carbons (Fsp3) is 0.417. The lowest BCUT2D eigenvalue weighted by atomic mass is 10.0. The number of hydrogen-bond donors (Lipinski definition) is 3. The van der Waals surface area contributed by atoms with Gasteiger partial charge in [-0.2, -0.15) is 0 Å². The smallest absolute Gasteiger partial charge is 0.248 e. The largest absolute Gasteiger partial charge is 0.379 e. The molecule has 1 rings (SSSR count). The molecule has 1 aromatic rings. The third-order valence-electron chi connectivity index (χ3n) is 2.48. The minimum Gasteiger partial charge on any atom is -0.379 e. The summed E-state index contributed by atoms with van der Waals surface area (Å²) in [6.07, 6.45) is 0. The average molecular weight is 221 g/mol. The van der Waals surface area contributed by atoms with Gasteiger partial charge in [0.1, 0.15) is 0 Å². The number of rotatable bonds is 4. The molecule has 0 heterocycles. The van der Waals surface area contributed by atoms with E-state index < -0.39 is 5.91 Å². The summed E-state index contributed by atoms with van der Waals surface area (Å²) in [6, 6.07) is 5.47. The van der Waals surface area contributed by atoms with Gasteiger partial charge in [-0.05, 0) is 44.5 Å². The van der Waals surface area contributed by atoms with Gasteiger partial charge in [-0.3, -0.25) is 4.79 Å². The van der Waals surface area contributed by atoms with Gasteiger partial charge in [0, 0.05) is 23.3 Å². The van der Waals surface area contributed by atoms with Gasteiger partial charge in [-0.25, -0.2) is 0 Å². The van der Waals surface area contributed by atoms with Gasteiger partial charge in [0.05, 0.1) is 0 Å². The molecule has 0 radical (unpaired) electrons. The fourth-order valence-electron chi connectivity index (χ4n) is 1.46. The average Bonchev–Trinajstić information content (AvgIpc) is 2.16. The molecule has 0 atom stereocenters. The Bertz CT molecular complexity index is 399. The number of amides is 1. The molecule has 0 spiro atoms. The Kier molecular flexibility index (Phi) is 3.55. The van der Waals surface area contributed by atoms with Gasteiger partial charge in [-0.1, -0.05) is 0 Å². The summed E-state index contributed by atoms with van der Waals surface area (Å²) in [4.78, 5) is 11.1. The van der Waals surface area contributed by atoms with Gasteiger partial charge in [-0.15, -0.1) is 0 Å². The van der Waals surface area contributed by atoms with E-state index >= 15 is 0 Å². The van der Waals surface area contributed by atoms with Crippen LogP contribution in [0.3, 0.4) is 0 Å².